The molecule has 1 aromatic carbocycles. The number of carbonyl (C=O) groups is 2. The summed E-state index contributed by atoms with van der Waals surface area (Å²) in [5.41, 5.74) is 0.288. The van der Waals surface area contributed by atoms with Crippen LogP contribution in [0.2, 0.25) is 0 Å². The molecule has 25 heavy (non-hydrogen) atoms. The molecule has 0 saturated heterocycles. The molecule has 1 aliphatic heterocycles. The molecular formula is C17H18N2O6. The number of benzene rings is 1. The molecule has 2 heterocycles. The van der Waals surface area contributed by atoms with Gasteiger partial charge in [0, 0.05) is 31.8 Å². The van der Waals surface area contributed by atoms with Crippen LogP contribution in [0, 0.1) is 0 Å². The lowest BCUT2D eigenvalue weighted by Gasteiger charge is -2.12. The molecular weight excluding hydrogens is 328 g/mol. The molecule has 1 amide bonds. The van der Waals surface area contributed by atoms with Crippen LogP contribution in [0.3, 0.4) is 0 Å². The molecule has 8 heteroatoms. The van der Waals surface area contributed by atoms with E-state index in [1.54, 1.807) is 16.7 Å². The van der Waals surface area contributed by atoms with Gasteiger partial charge in [-0.2, -0.15) is 0 Å². The highest BCUT2D eigenvalue weighted by Crippen LogP contribution is 2.35. The first kappa shape index (κ1) is 16.8. The Morgan fingerprint density at radius 3 is 2.68 bits per heavy atom. The largest absolute Gasteiger partial charge is 0.481 e. The molecule has 132 valence electrons. The smallest absolute Gasteiger partial charge is 0.303 e. The number of nitrogens with zero attached hydrogens (tertiary/aromatic N) is 1. The lowest BCUT2D eigenvalue weighted by atomic mass is 10.1. The highest BCUT2D eigenvalue weighted by Gasteiger charge is 2.20. The third-order valence-corrected chi connectivity index (χ3v) is 4.01. The molecule has 0 unspecified atom stereocenters. The maximum absolute atomic E-state index is 12.7. The molecule has 0 aliphatic carbocycles. The molecule has 0 radical (unpaired) electrons. The van der Waals surface area contributed by atoms with Crippen molar-refractivity contribution in [3.63, 3.8) is 0 Å². The Balaban J connectivity index is 1.94. The molecule has 2 N–H and O–H groups in total. The fourth-order valence-corrected chi connectivity index (χ4v) is 2.74. The highest BCUT2D eigenvalue weighted by molar-refractivity contribution is 5.97. The van der Waals surface area contributed by atoms with Crippen LogP contribution in [-0.2, 0) is 11.3 Å². The van der Waals surface area contributed by atoms with Crippen molar-refractivity contribution in [3.8, 4) is 11.5 Å². The zero-order valence-electron chi connectivity index (χ0n) is 13.7. The van der Waals surface area contributed by atoms with Gasteiger partial charge in [0.25, 0.3) is 5.91 Å². The zero-order valence-corrected chi connectivity index (χ0v) is 13.7. The van der Waals surface area contributed by atoms with Gasteiger partial charge in [0.1, 0.15) is 5.56 Å². The Hall–Kier alpha value is -3.03. The monoisotopic (exact) mass is 346 g/mol. The molecule has 0 fully saturated rings. The van der Waals surface area contributed by atoms with Crippen molar-refractivity contribution in [1.82, 2.24) is 9.88 Å². The van der Waals surface area contributed by atoms with Crippen molar-refractivity contribution in [2.75, 3.05) is 13.3 Å². The Bertz CT molecular complexity index is 902. The Morgan fingerprint density at radius 1 is 1.28 bits per heavy atom. The van der Waals surface area contributed by atoms with E-state index in [1.165, 1.54) is 6.20 Å². The second kappa shape index (κ2) is 6.84. The lowest BCUT2D eigenvalue weighted by Crippen LogP contribution is -2.30. The topological polar surface area (TPSA) is 107 Å². The fraction of sp³-hybridized carbons (Fsp3) is 0.353. The van der Waals surface area contributed by atoms with E-state index in [4.69, 9.17) is 14.6 Å². The summed E-state index contributed by atoms with van der Waals surface area (Å²) in [4.78, 5) is 35.5. The first-order chi connectivity index (χ1) is 12.0. The number of carboxylic acids is 1. The number of amides is 1. The first-order valence-corrected chi connectivity index (χ1v) is 7.98. The lowest BCUT2D eigenvalue weighted by molar-refractivity contribution is -0.137. The van der Waals surface area contributed by atoms with Gasteiger partial charge >= 0.3 is 5.97 Å². The molecule has 2 aromatic rings. The second-order valence-corrected chi connectivity index (χ2v) is 5.63. The van der Waals surface area contributed by atoms with Crippen molar-refractivity contribution in [3.05, 3.63) is 34.1 Å². The van der Waals surface area contributed by atoms with Gasteiger partial charge in [-0.3, -0.25) is 14.4 Å². The SMILES string of the molecule is CCn1cc(C(=O)NCCCC(=O)O)c(=O)c2cc3c(cc21)OCO3. The normalized spacial score (nSPS) is 12.4. The third kappa shape index (κ3) is 3.28. The molecule has 0 spiro atoms. The molecule has 8 nitrogen and oxygen atoms in total. The van der Waals surface area contributed by atoms with Gasteiger partial charge < -0.3 is 24.5 Å². The van der Waals surface area contributed by atoms with Gasteiger partial charge in [-0.25, -0.2) is 0 Å². The van der Waals surface area contributed by atoms with Crippen LogP contribution >= 0.6 is 0 Å². The van der Waals surface area contributed by atoms with Gasteiger partial charge in [0.05, 0.1) is 10.9 Å². The molecule has 1 aromatic heterocycles. The highest BCUT2D eigenvalue weighted by atomic mass is 16.7. The van der Waals surface area contributed by atoms with E-state index >= 15 is 0 Å². The van der Waals surface area contributed by atoms with Crippen LogP contribution in [0.15, 0.2) is 23.1 Å². The number of fused-ring (bicyclic) bond motifs is 2. The van der Waals surface area contributed by atoms with E-state index < -0.39 is 17.3 Å². The number of pyridine rings is 1. The first-order valence-electron chi connectivity index (χ1n) is 7.98. The molecule has 3 rings (SSSR count). The number of aryl methyl sites for hydroxylation is 1. The molecule has 0 atom stereocenters. The minimum absolute atomic E-state index is 0.0172. The van der Waals surface area contributed by atoms with Gasteiger partial charge in [0.2, 0.25) is 12.2 Å². The summed E-state index contributed by atoms with van der Waals surface area (Å²) in [7, 11) is 0. The number of aromatic nitrogens is 1. The number of hydrogen-bond donors (Lipinski definition) is 2. The van der Waals surface area contributed by atoms with Crippen molar-refractivity contribution in [1.29, 1.82) is 0 Å². The summed E-state index contributed by atoms with van der Waals surface area (Å²) < 4.78 is 12.5. The van der Waals surface area contributed by atoms with Crippen molar-refractivity contribution >= 4 is 22.8 Å². The van der Waals surface area contributed by atoms with E-state index in [1.807, 2.05) is 6.92 Å². The number of nitrogens with one attached hydrogen (secondary N) is 1. The minimum atomic E-state index is -0.927. The van der Waals surface area contributed by atoms with Crippen molar-refractivity contribution < 1.29 is 24.2 Å². The molecule has 0 saturated carbocycles. The van der Waals surface area contributed by atoms with Crippen molar-refractivity contribution in [2.24, 2.45) is 0 Å². The van der Waals surface area contributed by atoms with E-state index in [0.29, 0.717) is 35.4 Å². The zero-order chi connectivity index (χ0) is 18.0. The summed E-state index contributed by atoms with van der Waals surface area (Å²) in [6.07, 6.45) is 1.77. The maximum atomic E-state index is 12.7. The number of carboxylic acid groups (broad SMARTS) is 1. The summed E-state index contributed by atoms with van der Waals surface area (Å²) >= 11 is 0. The van der Waals surface area contributed by atoms with Crippen LogP contribution in [-0.4, -0.2) is 34.9 Å². The fourth-order valence-electron chi connectivity index (χ4n) is 2.74. The van der Waals surface area contributed by atoms with Gasteiger partial charge in [-0.1, -0.05) is 0 Å². The van der Waals surface area contributed by atoms with Crippen molar-refractivity contribution in [2.45, 2.75) is 26.3 Å². The van der Waals surface area contributed by atoms with Crippen LogP contribution in [0.4, 0.5) is 0 Å². The van der Waals surface area contributed by atoms with E-state index in [9.17, 15) is 14.4 Å². The Labute approximate surface area is 143 Å². The summed E-state index contributed by atoms with van der Waals surface area (Å²) in [6.45, 7) is 2.76. The Kier molecular flexibility index (Phi) is 4.60. The van der Waals surface area contributed by atoms with E-state index in [2.05, 4.69) is 5.32 Å². The average Bonchev–Trinajstić information content (AvgIpc) is 3.05. The summed E-state index contributed by atoms with van der Waals surface area (Å²) in [5, 5.41) is 11.6. The van der Waals surface area contributed by atoms with Crippen LogP contribution in [0.5, 0.6) is 11.5 Å². The minimum Gasteiger partial charge on any atom is -0.481 e. The third-order valence-electron chi connectivity index (χ3n) is 4.01. The van der Waals surface area contributed by atoms with Crippen LogP contribution in [0.1, 0.15) is 30.1 Å². The molecule has 0 bridgehead atoms. The summed E-state index contributed by atoms with van der Waals surface area (Å²) in [6, 6.07) is 3.32. The van der Waals surface area contributed by atoms with Gasteiger partial charge in [-0.05, 0) is 19.4 Å². The maximum Gasteiger partial charge on any atom is 0.303 e. The van der Waals surface area contributed by atoms with E-state index in [0.717, 1.165) is 0 Å². The molecule has 1 aliphatic rings. The van der Waals surface area contributed by atoms with Crippen LogP contribution in [0.25, 0.3) is 10.9 Å². The number of hydrogen-bond acceptors (Lipinski definition) is 5. The number of ether oxygens (including phenoxy) is 2. The second-order valence-electron chi connectivity index (χ2n) is 5.63. The average molecular weight is 346 g/mol. The Morgan fingerprint density at radius 2 is 2.00 bits per heavy atom. The number of aliphatic carboxylic acids is 1. The predicted octanol–water partition coefficient (Wildman–Crippen LogP) is 1.34. The standard InChI is InChI=1S/C17H18N2O6/c1-2-19-8-11(17(23)18-5-3-4-15(20)21)16(22)10-6-13-14(7-12(10)19)25-9-24-13/h6-8H,2-5,9H2,1H3,(H,18,23)(H,20,21). The van der Waals surface area contributed by atoms with Gasteiger partial charge in [-0.15, -0.1) is 0 Å². The predicted molar refractivity (Wildman–Crippen MR) is 89.2 cm³/mol. The number of rotatable bonds is 6. The quantitative estimate of drug-likeness (QED) is 0.765. The van der Waals surface area contributed by atoms with Crippen LogP contribution < -0.4 is 20.2 Å². The summed E-state index contributed by atoms with van der Waals surface area (Å²) in [5.74, 6) is -0.396. The number of carbonyl (C=O) groups excluding carboxylic acids is 1. The van der Waals surface area contributed by atoms with Gasteiger partial charge in [0.15, 0.2) is 11.5 Å². The van der Waals surface area contributed by atoms with E-state index in [-0.39, 0.29) is 25.3 Å².